The first-order chi connectivity index (χ1) is 13.6. The van der Waals surface area contributed by atoms with Gasteiger partial charge in [0.05, 0.1) is 18.9 Å². The highest BCUT2D eigenvalue weighted by Gasteiger charge is 2.29. The molecular formula is C9H13N5O13P3-3. The molecule has 3 unspecified atom stereocenters. The number of nitrogens with two attached hydrogens (primary N) is 1. The summed E-state index contributed by atoms with van der Waals surface area (Å²) in [6.07, 6.45) is -3.94. The van der Waals surface area contributed by atoms with Gasteiger partial charge >= 0.3 is 0 Å². The number of aliphatic hydroxyl groups excluding tert-OH is 2. The molecule has 170 valence electrons. The summed E-state index contributed by atoms with van der Waals surface area (Å²) < 4.78 is 43.3. The number of phosphoric ester groups is 1. The normalized spacial score (nSPS) is 21.7. The van der Waals surface area contributed by atoms with Crippen molar-refractivity contribution in [2.24, 2.45) is 4.99 Å². The Morgan fingerprint density at radius 1 is 1.17 bits per heavy atom. The molecule has 1 aromatic heterocycles. The van der Waals surface area contributed by atoms with E-state index in [1.165, 1.54) is 0 Å². The van der Waals surface area contributed by atoms with E-state index in [1.807, 2.05) is 0 Å². The highest BCUT2D eigenvalue weighted by atomic mass is 31.3. The monoisotopic (exact) mass is 492 g/mol. The maximum absolute atomic E-state index is 11.8. The van der Waals surface area contributed by atoms with Crippen LogP contribution >= 0.6 is 23.5 Å². The van der Waals surface area contributed by atoms with Crippen molar-refractivity contribution < 1.29 is 56.6 Å². The lowest BCUT2D eigenvalue weighted by Gasteiger charge is -2.33. The number of hydrogen-bond acceptors (Lipinski definition) is 16. The van der Waals surface area contributed by atoms with Crippen LogP contribution in [0.2, 0.25) is 0 Å². The van der Waals surface area contributed by atoms with E-state index in [-0.39, 0.29) is 29.7 Å². The van der Waals surface area contributed by atoms with Crippen LogP contribution in [0.25, 0.3) is 0 Å². The van der Waals surface area contributed by atoms with Crippen LogP contribution < -0.4 is 31.3 Å². The number of aliphatic hydroxyl groups is 2. The van der Waals surface area contributed by atoms with Crippen molar-refractivity contribution in [3.8, 4) is 0 Å². The molecule has 0 bridgehead atoms. The van der Waals surface area contributed by atoms with E-state index in [2.05, 4.69) is 33.4 Å². The number of rotatable bonds is 9. The summed E-state index contributed by atoms with van der Waals surface area (Å²) in [5, 5.41) is 22.5. The maximum atomic E-state index is 11.8. The summed E-state index contributed by atoms with van der Waals surface area (Å²) >= 11 is 0. The predicted molar refractivity (Wildman–Crippen MR) is 90.0 cm³/mol. The Morgan fingerprint density at radius 3 is 2.40 bits per heavy atom. The van der Waals surface area contributed by atoms with Crippen LogP contribution in [-0.4, -0.2) is 56.1 Å². The number of phosphoric acid groups is 3. The van der Waals surface area contributed by atoms with Gasteiger partial charge in [0.25, 0.3) is 29.0 Å². The molecule has 0 aromatic carbocycles. The van der Waals surface area contributed by atoms with E-state index in [9.17, 15) is 43.4 Å². The van der Waals surface area contributed by atoms with E-state index in [1.54, 1.807) is 0 Å². The largest absolute Gasteiger partial charge is 0.756 e. The van der Waals surface area contributed by atoms with Crippen molar-refractivity contribution in [2.75, 3.05) is 24.2 Å². The van der Waals surface area contributed by atoms with E-state index in [0.717, 1.165) is 0 Å². The number of aromatic nitrogens is 2. The summed E-state index contributed by atoms with van der Waals surface area (Å²) in [5.41, 5.74) is 4.05. The Balaban J connectivity index is 2.04. The average Bonchev–Trinajstić information content (AvgIpc) is 2.55. The molecule has 0 amide bonds. The topological polar surface area (TPSA) is 305 Å². The summed E-state index contributed by atoms with van der Waals surface area (Å²) in [7, 11) is -17.8. The number of aromatic amines is 1. The molecule has 0 spiro atoms. The number of H-pyrrole nitrogens is 1. The average molecular weight is 492 g/mol. The van der Waals surface area contributed by atoms with Gasteiger partial charge in [0.1, 0.15) is 12.2 Å². The standard InChI is InChI=1S/C9H16N5O13P3/c10-9-13-7-5(8(17)14-9)12-3(1-11-7)6(16)4(15)2-25-29(21,22)27-30(23,24)26-28(18,19)20/h4,6,15-16H,1-2H2,(H,21,22)(H,23,24)(H2,18,19,20)(H4,10,11,13,14,17)/p-3/t4-,6-/m0/s1. The Bertz CT molecular complexity index is 1040. The second-order valence-electron chi connectivity index (χ2n) is 5.44. The number of hydrogen-bond donors (Lipinski definition) is 6. The van der Waals surface area contributed by atoms with Crippen molar-refractivity contribution in [1.29, 1.82) is 0 Å². The fourth-order valence-corrected chi connectivity index (χ4v) is 4.91. The fourth-order valence-electron chi connectivity index (χ4n) is 2.01. The van der Waals surface area contributed by atoms with Crippen LogP contribution in [-0.2, 0) is 26.8 Å². The molecule has 0 fully saturated rings. The highest BCUT2D eigenvalue weighted by Crippen LogP contribution is 2.61. The van der Waals surface area contributed by atoms with Crippen molar-refractivity contribution >= 4 is 46.6 Å². The smallest absolute Gasteiger partial charge is 0.280 e. The van der Waals surface area contributed by atoms with Gasteiger partial charge in [0, 0.05) is 0 Å². The second-order valence-corrected chi connectivity index (χ2v) is 9.73. The summed E-state index contributed by atoms with van der Waals surface area (Å²) in [6.45, 7) is -1.52. The first-order valence-electron chi connectivity index (χ1n) is 7.39. The Kier molecular flexibility index (Phi) is 7.36. The van der Waals surface area contributed by atoms with Gasteiger partial charge in [-0.15, -0.1) is 0 Å². The van der Waals surface area contributed by atoms with Gasteiger partial charge in [-0.3, -0.25) is 23.5 Å². The quantitative estimate of drug-likeness (QED) is 0.179. The number of nitrogen functional groups attached to an aromatic ring is 1. The molecular weight excluding hydrogens is 479 g/mol. The summed E-state index contributed by atoms with van der Waals surface area (Å²) in [4.78, 5) is 62.6. The van der Waals surface area contributed by atoms with E-state index >= 15 is 0 Å². The molecule has 1 aromatic rings. The predicted octanol–water partition coefficient (Wildman–Crippen LogP) is -3.98. The van der Waals surface area contributed by atoms with Gasteiger partial charge in [-0.05, 0) is 0 Å². The van der Waals surface area contributed by atoms with E-state index < -0.39 is 47.8 Å². The molecule has 0 saturated carbocycles. The molecule has 2 rings (SSSR count). The van der Waals surface area contributed by atoms with Crippen molar-refractivity contribution in [3.63, 3.8) is 0 Å². The molecule has 0 radical (unpaired) electrons. The molecule has 1 aliphatic rings. The highest BCUT2D eigenvalue weighted by molar-refractivity contribution is 7.65. The van der Waals surface area contributed by atoms with Crippen molar-refractivity contribution in [1.82, 2.24) is 9.97 Å². The summed E-state index contributed by atoms with van der Waals surface area (Å²) in [6, 6.07) is 0. The van der Waals surface area contributed by atoms with Crippen LogP contribution in [0.4, 0.5) is 17.5 Å². The van der Waals surface area contributed by atoms with Gasteiger partial charge in [-0.25, -0.2) is 13.6 Å². The minimum atomic E-state index is -6.10. The van der Waals surface area contributed by atoms with Crippen LogP contribution in [0.3, 0.4) is 0 Å². The molecule has 0 aliphatic carbocycles. The fraction of sp³-hybridized carbons (Fsp3) is 0.444. The maximum Gasteiger partial charge on any atom is 0.280 e. The molecule has 18 nitrogen and oxygen atoms in total. The van der Waals surface area contributed by atoms with Crippen LogP contribution in [0, 0.1) is 0 Å². The number of nitrogens with zero attached hydrogens (tertiary/aromatic N) is 2. The van der Waals surface area contributed by atoms with E-state index in [0.29, 0.717) is 0 Å². The number of aliphatic imine (C=N–C) groups is 1. The van der Waals surface area contributed by atoms with Gasteiger partial charge in [-0.2, -0.15) is 4.98 Å². The molecule has 21 heteroatoms. The zero-order valence-corrected chi connectivity index (χ0v) is 17.0. The molecule has 5 atom stereocenters. The molecule has 0 saturated heterocycles. The Hall–Kier alpha value is -1.52. The van der Waals surface area contributed by atoms with Crippen LogP contribution in [0.15, 0.2) is 9.79 Å². The number of fused-ring (bicyclic) bond motifs is 1. The first kappa shape index (κ1) is 24.7. The third-order valence-electron chi connectivity index (χ3n) is 3.12. The van der Waals surface area contributed by atoms with Gasteiger partial charge in [-0.1, -0.05) is 0 Å². The van der Waals surface area contributed by atoms with Crippen molar-refractivity contribution in [2.45, 2.75) is 12.2 Å². The molecule has 7 N–H and O–H groups in total. The van der Waals surface area contributed by atoms with Crippen LogP contribution in [0.1, 0.15) is 0 Å². The molecule has 1 aliphatic heterocycles. The number of nitrogens with one attached hydrogen (secondary N) is 2. The first-order valence-corrected chi connectivity index (χ1v) is 11.8. The van der Waals surface area contributed by atoms with E-state index in [4.69, 9.17) is 10.6 Å². The summed E-state index contributed by atoms with van der Waals surface area (Å²) in [5.74, 6) is -0.222. The third-order valence-corrected chi connectivity index (χ3v) is 6.81. The lowest BCUT2D eigenvalue weighted by atomic mass is 10.1. The second kappa shape index (κ2) is 8.92. The Morgan fingerprint density at radius 2 is 1.80 bits per heavy atom. The zero-order valence-electron chi connectivity index (χ0n) is 14.3. The molecule has 30 heavy (non-hydrogen) atoms. The minimum absolute atomic E-state index is 0.0128. The van der Waals surface area contributed by atoms with Crippen LogP contribution in [0.5, 0.6) is 0 Å². The van der Waals surface area contributed by atoms with Gasteiger partial charge in [0.15, 0.2) is 11.5 Å². The van der Waals surface area contributed by atoms with Crippen molar-refractivity contribution in [3.05, 3.63) is 10.4 Å². The zero-order chi connectivity index (χ0) is 22.9. The minimum Gasteiger partial charge on any atom is -0.756 e. The number of anilines is 2. The van der Waals surface area contributed by atoms with Gasteiger partial charge < -0.3 is 45.4 Å². The Labute approximate surface area is 165 Å². The third kappa shape index (κ3) is 7.02. The molecule has 2 heterocycles. The van der Waals surface area contributed by atoms with Gasteiger partial charge in [0.2, 0.25) is 5.95 Å². The lowest BCUT2D eigenvalue weighted by Crippen LogP contribution is -2.41. The SMILES string of the molecule is Nc1nc2c(c(=O)[nH]1)N=C([C@H](O)[C@@H](O)COP(=O)([O-])OP(=O)([O-])OP(=O)([O-])O)CN2. The lowest BCUT2D eigenvalue weighted by molar-refractivity contribution is -0.250.